The highest BCUT2D eigenvalue weighted by Crippen LogP contribution is 2.35. The molecule has 4 rings (SSSR count). The van der Waals surface area contributed by atoms with E-state index >= 15 is 4.39 Å². The lowest BCUT2D eigenvalue weighted by molar-refractivity contribution is -0.143. The summed E-state index contributed by atoms with van der Waals surface area (Å²) >= 11 is 0. The molecule has 1 saturated heterocycles. The molecule has 1 amide bonds. The molecule has 0 saturated carbocycles. The summed E-state index contributed by atoms with van der Waals surface area (Å²) in [5, 5.41) is 12.8. The molecule has 0 aliphatic carbocycles. The zero-order valence-corrected chi connectivity index (χ0v) is 19.6. The van der Waals surface area contributed by atoms with Crippen molar-refractivity contribution in [2.75, 3.05) is 6.54 Å². The number of carbonyl (C=O) groups excluding carboxylic acids is 1. The van der Waals surface area contributed by atoms with Gasteiger partial charge in [0.05, 0.1) is 17.4 Å². The van der Waals surface area contributed by atoms with Crippen LogP contribution in [0.1, 0.15) is 65.4 Å². The number of aromatic carboxylic acids is 1. The number of carbonyl (C=O) groups is 2. The Hall–Kier alpha value is -3.69. The summed E-state index contributed by atoms with van der Waals surface area (Å²) in [6.07, 6.45) is 0.107. The SMILES string of the molecule is CCCC1CCCCN1C(=O)c1cccc(-c2cccc(-n3ncc(C(=O)O)c3C(F)(F)F)c2)c1F. The van der Waals surface area contributed by atoms with Crippen LogP contribution in [0.2, 0.25) is 0 Å². The monoisotopic (exact) mass is 503 g/mol. The molecule has 3 aromatic rings. The molecule has 1 aliphatic heterocycles. The number of likely N-dealkylation sites (tertiary alicyclic amines) is 1. The fourth-order valence-electron chi connectivity index (χ4n) is 4.75. The molecular formula is C26H25F4N3O3. The van der Waals surface area contributed by atoms with E-state index in [-0.39, 0.29) is 28.4 Å². The largest absolute Gasteiger partial charge is 0.478 e. The minimum Gasteiger partial charge on any atom is -0.478 e. The van der Waals surface area contributed by atoms with Gasteiger partial charge in [0, 0.05) is 18.2 Å². The number of hydrogen-bond donors (Lipinski definition) is 1. The minimum atomic E-state index is -4.98. The number of benzene rings is 2. The molecule has 1 unspecified atom stereocenters. The Morgan fingerprint density at radius 3 is 2.56 bits per heavy atom. The van der Waals surface area contributed by atoms with Gasteiger partial charge in [-0.1, -0.05) is 37.6 Å². The molecule has 1 N–H and O–H groups in total. The summed E-state index contributed by atoms with van der Waals surface area (Å²) in [5.41, 5.74) is -2.35. The number of rotatable bonds is 6. The minimum absolute atomic E-state index is 0.0472. The van der Waals surface area contributed by atoms with Crippen LogP contribution in [0.5, 0.6) is 0 Å². The molecule has 1 atom stereocenters. The van der Waals surface area contributed by atoms with Gasteiger partial charge in [0.15, 0.2) is 5.69 Å². The smallest absolute Gasteiger partial charge is 0.434 e. The lowest BCUT2D eigenvalue weighted by atomic mass is 9.96. The van der Waals surface area contributed by atoms with Gasteiger partial charge in [-0.05, 0) is 49.4 Å². The van der Waals surface area contributed by atoms with E-state index in [4.69, 9.17) is 5.11 Å². The number of aromatic nitrogens is 2. The fraction of sp³-hybridized carbons (Fsp3) is 0.346. The zero-order chi connectivity index (χ0) is 26.0. The van der Waals surface area contributed by atoms with Crippen molar-refractivity contribution < 1.29 is 32.3 Å². The number of halogens is 4. The standard InChI is InChI=1S/C26H25F4N3O3/c1-2-7-17-9-3-4-13-32(17)24(34)20-12-6-11-19(22(20)27)16-8-5-10-18(14-16)33-23(26(28,29)30)21(15-31-33)25(35)36/h5-6,8,10-12,14-15,17H,2-4,7,9,13H2,1H3,(H,35,36). The van der Waals surface area contributed by atoms with E-state index in [1.807, 2.05) is 6.92 Å². The fourth-order valence-corrected chi connectivity index (χ4v) is 4.75. The van der Waals surface area contributed by atoms with Crippen LogP contribution in [0.25, 0.3) is 16.8 Å². The van der Waals surface area contributed by atoms with E-state index in [9.17, 15) is 22.8 Å². The molecule has 10 heteroatoms. The third-order valence-electron chi connectivity index (χ3n) is 6.41. The second kappa shape index (κ2) is 10.1. The Bertz CT molecular complexity index is 1280. The summed E-state index contributed by atoms with van der Waals surface area (Å²) in [6.45, 7) is 2.59. The van der Waals surface area contributed by atoms with E-state index < -0.39 is 35.1 Å². The second-order valence-electron chi connectivity index (χ2n) is 8.78. The molecule has 36 heavy (non-hydrogen) atoms. The van der Waals surface area contributed by atoms with Crippen molar-refractivity contribution in [1.82, 2.24) is 14.7 Å². The van der Waals surface area contributed by atoms with E-state index in [2.05, 4.69) is 5.10 Å². The average Bonchev–Trinajstić information content (AvgIpc) is 3.31. The molecule has 190 valence electrons. The van der Waals surface area contributed by atoms with Gasteiger partial charge >= 0.3 is 12.1 Å². The lowest BCUT2D eigenvalue weighted by Gasteiger charge is -2.36. The predicted molar refractivity (Wildman–Crippen MR) is 125 cm³/mol. The summed E-state index contributed by atoms with van der Waals surface area (Å²) in [6, 6.07) is 9.96. The summed E-state index contributed by atoms with van der Waals surface area (Å²) < 4.78 is 57.1. The van der Waals surface area contributed by atoms with Crippen LogP contribution < -0.4 is 0 Å². The van der Waals surface area contributed by atoms with Crippen molar-refractivity contribution in [2.24, 2.45) is 0 Å². The van der Waals surface area contributed by atoms with Crippen molar-refractivity contribution in [1.29, 1.82) is 0 Å². The maximum atomic E-state index is 15.7. The molecule has 2 aromatic carbocycles. The average molecular weight is 503 g/mol. The first-order valence-electron chi connectivity index (χ1n) is 11.7. The predicted octanol–water partition coefficient (Wildman–Crippen LogP) is 6.19. The number of carboxylic acids is 1. The van der Waals surface area contributed by atoms with Crippen LogP contribution in [-0.2, 0) is 6.18 Å². The van der Waals surface area contributed by atoms with Crippen LogP contribution in [0.15, 0.2) is 48.7 Å². The molecule has 6 nitrogen and oxygen atoms in total. The van der Waals surface area contributed by atoms with Crippen LogP contribution >= 0.6 is 0 Å². The Morgan fingerprint density at radius 1 is 1.11 bits per heavy atom. The summed E-state index contributed by atoms with van der Waals surface area (Å²) in [7, 11) is 0. The van der Waals surface area contributed by atoms with E-state index in [1.165, 1.54) is 42.5 Å². The first kappa shape index (κ1) is 25.4. The highest BCUT2D eigenvalue weighted by atomic mass is 19.4. The van der Waals surface area contributed by atoms with Gasteiger partial charge in [-0.2, -0.15) is 18.3 Å². The molecule has 1 fully saturated rings. The molecule has 0 radical (unpaired) electrons. The number of carboxylic acid groups (broad SMARTS) is 1. The van der Waals surface area contributed by atoms with E-state index in [1.54, 1.807) is 4.90 Å². The van der Waals surface area contributed by atoms with Crippen molar-refractivity contribution >= 4 is 11.9 Å². The zero-order valence-electron chi connectivity index (χ0n) is 19.6. The third kappa shape index (κ3) is 4.84. The van der Waals surface area contributed by atoms with Crippen LogP contribution in [0.4, 0.5) is 17.6 Å². The quantitative estimate of drug-likeness (QED) is 0.407. The number of piperidine rings is 1. The summed E-state index contributed by atoms with van der Waals surface area (Å²) in [4.78, 5) is 26.3. The normalized spacial score (nSPS) is 16.2. The van der Waals surface area contributed by atoms with Gasteiger partial charge in [-0.15, -0.1) is 0 Å². The number of amides is 1. The van der Waals surface area contributed by atoms with Crippen molar-refractivity contribution in [3.63, 3.8) is 0 Å². The first-order chi connectivity index (χ1) is 17.1. The van der Waals surface area contributed by atoms with E-state index in [0.717, 1.165) is 32.1 Å². The van der Waals surface area contributed by atoms with Crippen LogP contribution in [0.3, 0.4) is 0 Å². The molecule has 2 heterocycles. The van der Waals surface area contributed by atoms with Gasteiger partial charge in [0.1, 0.15) is 11.4 Å². The lowest BCUT2D eigenvalue weighted by Crippen LogP contribution is -2.44. The molecule has 1 aromatic heterocycles. The van der Waals surface area contributed by atoms with E-state index in [0.29, 0.717) is 17.4 Å². The Labute approximate surface area is 205 Å². The van der Waals surface area contributed by atoms with Crippen molar-refractivity contribution in [3.05, 3.63) is 71.3 Å². The van der Waals surface area contributed by atoms with Gasteiger partial charge in [-0.3, -0.25) is 4.79 Å². The van der Waals surface area contributed by atoms with Gasteiger partial charge in [-0.25, -0.2) is 13.9 Å². The van der Waals surface area contributed by atoms with Crippen molar-refractivity contribution in [3.8, 4) is 16.8 Å². The summed E-state index contributed by atoms with van der Waals surface area (Å²) in [5.74, 6) is -2.93. The molecule has 0 bridgehead atoms. The first-order valence-corrected chi connectivity index (χ1v) is 11.7. The van der Waals surface area contributed by atoms with Gasteiger partial charge in [0.2, 0.25) is 0 Å². The van der Waals surface area contributed by atoms with Crippen LogP contribution in [-0.4, -0.2) is 44.3 Å². The number of alkyl halides is 3. The third-order valence-corrected chi connectivity index (χ3v) is 6.41. The highest BCUT2D eigenvalue weighted by Gasteiger charge is 2.40. The maximum Gasteiger partial charge on any atom is 0.434 e. The Morgan fingerprint density at radius 2 is 1.86 bits per heavy atom. The van der Waals surface area contributed by atoms with Crippen LogP contribution in [0, 0.1) is 5.82 Å². The topological polar surface area (TPSA) is 75.4 Å². The Kier molecular flexibility index (Phi) is 7.14. The molecule has 0 spiro atoms. The highest BCUT2D eigenvalue weighted by molar-refractivity contribution is 5.96. The van der Waals surface area contributed by atoms with Crippen molar-refractivity contribution in [2.45, 2.75) is 51.2 Å². The molecule has 1 aliphatic rings. The Balaban J connectivity index is 1.74. The maximum absolute atomic E-state index is 15.7. The number of hydrogen-bond acceptors (Lipinski definition) is 3. The van der Waals surface area contributed by atoms with Gasteiger partial charge < -0.3 is 10.0 Å². The second-order valence-corrected chi connectivity index (χ2v) is 8.78. The molecular weight excluding hydrogens is 478 g/mol. The number of nitrogens with zero attached hydrogens (tertiary/aromatic N) is 3. The van der Waals surface area contributed by atoms with Gasteiger partial charge in [0.25, 0.3) is 5.91 Å².